The van der Waals surface area contributed by atoms with E-state index in [2.05, 4.69) is 10.3 Å². The number of rotatable bonds is 3. The third-order valence-electron chi connectivity index (χ3n) is 3.34. The molecule has 7 heteroatoms. The Morgan fingerprint density at radius 2 is 2.14 bits per heavy atom. The monoisotopic (exact) mass is 322 g/mol. The summed E-state index contributed by atoms with van der Waals surface area (Å²) in [5.41, 5.74) is 1.38. The van der Waals surface area contributed by atoms with E-state index in [9.17, 15) is 13.2 Å². The number of nitrogens with one attached hydrogen (secondary N) is 1. The van der Waals surface area contributed by atoms with Gasteiger partial charge in [-0.2, -0.15) is 0 Å². The molecule has 1 amide bonds. The van der Waals surface area contributed by atoms with Crippen molar-refractivity contribution in [2.45, 2.75) is 24.2 Å². The van der Waals surface area contributed by atoms with Gasteiger partial charge in [-0.3, -0.25) is 10.1 Å². The Labute approximate surface area is 127 Å². The van der Waals surface area contributed by atoms with Crippen molar-refractivity contribution in [1.29, 1.82) is 0 Å². The fraction of sp³-hybridized carbons (Fsp3) is 0.286. The van der Waals surface area contributed by atoms with Crippen LogP contribution >= 0.6 is 11.3 Å². The van der Waals surface area contributed by atoms with Gasteiger partial charge in [-0.1, -0.05) is 6.07 Å². The molecule has 110 valence electrons. The van der Waals surface area contributed by atoms with Gasteiger partial charge in [0.05, 0.1) is 10.6 Å². The summed E-state index contributed by atoms with van der Waals surface area (Å²) in [6.07, 6.45) is 4.23. The van der Waals surface area contributed by atoms with Gasteiger partial charge in [-0.15, -0.1) is 11.3 Å². The molecule has 0 saturated carbocycles. The van der Waals surface area contributed by atoms with Gasteiger partial charge in [0.15, 0.2) is 15.0 Å². The summed E-state index contributed by atoms with van der Waals surface area (Å²) in [6, 6.07) is 6.01. The largest absolute Gasteiger partial charge is 0.298 e. The van der Waals surface area contributed by atoms with E-state index in [1.807, 2.05) is 0 Å². The first-order valence-electron chi connectivity index (χ1n) is 6.53. The maximum atomic E-state index is 12.2. The van der Waals surface area contributed by atoms with Crippen LogP contribution in [0.3, 0.4) is 0 Å². The number of hydrogen-bond donors (Lipinski definition) is 1. The van der Waals surface area contributed by atoms with Crippen molar-refractivity contribution >= 4 is 32.2 Å². The number of carbonyl (C=O) groups excluding carboxylic acids is 1. The number of sulfone groups is 1. The van der Waals surface area contributed by atoms with Gasteiger partial charge in [-0.05, 0) is 37.5 Å². The topological polar surface area (TPSA) is 76.1 Å². The molecule has 0 spiro atoms. The van der Waals surface area contributed by atoms with Crippen LogP contribution in [0, 0.1) is 0 Å². The van der Waals surface area contributed by atoms with E-state index in [0.717, 1.165) is 31.2 Å². The van der Waals surface area contributed by atoms with Crippen LogP contribution in [0.2, 0.25) is 0 Å². The van der Waals surface area contributed by atoms with E-state index < -0.39 is 9.84 Å². The summed E-state index contributed by atoms with van der Waals surface area (Å²) in [5.74, 6) is -0.340. The molecule has 5 nitrogen and oxygen atoms in total. The van der Waals surface area contributed by atoms with E-state index >= 15 is 0 Å². The molecule has 3 rings (SSSR count). The zero-order chi connectivity index (χ0) is 15.0. The van der Waals surface area contributed by atoms with Crippen LogP contribution in [0.1, 0.15) is 27.3 Å². The summed E-state index contributed by atoms with van der Waals surface area (Å²) in [4.78, 5) is 17.9. The van der Waals surface area contributed by atoms with Crippen LogP contribution in [-0.4, -0.2) is 25.6 Å². The third kappa shape index (κ3) is 2.98. The van der Waals surface area contributed by atoms with Crippen molar-refractivity contribution in [3.63, 3.8) is 0 Å². The van der Waals surface area contributed by atoms with E-state index in [4.69, 9.17) is 0 Å². The number of benzene rings is 1. The normalized spacial score (nSPS) is 14.0. The minimum absolute atomic E-state index is 0.136. The number of amides is 1. The standard InChI is InChI=1S/C14H14N2O3S2/c1-21(18,19)10-5-2-4-9(8-10)13(17)16-14-15-11-6-3-7-12(11)20-14/h2,4-5,8H,3,6-7H2,1H3,(H,15,16,17). The quantitative estimate of drug-likeness (QED) is 0.940. The van der Waals surface area contributed by atoms with Crippen molar-refractivity contribution < 1.29 is 13.2 Å². The number of nitrogens with zero attached hydrogens (tertiary/aromatic N) is 1. The Hall–Kier alpha value is -1.73. The van der Waals surface area contributed by atoms with Crippen molar-refractivity contribution in [2.75, 3.05) is 11.6 Å². The van der Waals surface area contributed by atoms with E-state index in [1.165, 1.54) is 28.3 Å². The lowest BCUT2D eigenvalue weighted by Gasteiger charge is -2.04. The maximum Gasteiger partial charge on any atom is 0.257 e. The Morgan fingerprint density at radius 1 is 1.33 bits per heavy atom. The number of carbonyl (C=O) groups is 1. The first-order valence-corrected chi connectivity index (χ1v) is 9.24. The smallest absolute Gasteiger partial charge is 0.257 e. The van der Waals surface area contributed by atoms with E-state index in [1.54, 1.807) is 12.1 Å². The highest BCUT2D eigenvalue weighted by Gasteiger charge is 2.18. The Kier molecular flexibility index (Phi) is 3.54. The van der Waals surface area contributed by atoms with Crippen LogP contribution in [-0.2, 0) is 22.7 Å². The zero-order valence-corrected chi connectivity index (χ0v) is 13.1. The number of hydrogen-bond acceptors (Lipinski definition) is 5. The van der Waals surface area contributed by atoms with Crippen molar-refractivity contribution in [1.82, 2.24) is 4.98 Å². The lowest BCUT2D eigenvalue weighted by atomic mass is 10.2. The van der Waals surface area contributed by atoms with E-state index in [-0.39, 0.29) is 10.8 Å². The molecule has 0 unspecified atom stereocenters. The number of thiazole rings is 1. The highest BCUT2D eigenvalue weighted by atomic mass is 32.2. The molecule has 1 aliphatic carbocycles. The van der Waals surface area contributed by atoms with Gasteiger partial charge < -0.3 is 0 Å². The second-order valence-corrected chi connectivity index (χ2v) is 8.10. The number of aryl methyl sites for hydroxylation is 2. The first kappa shape index (κ1) is 14.2. The molecule has 0 atom stereocenters. The number of anilines is 1. The predicted octanol–water partition coefficient (Wildman–Crippen LogP) is 2.29. The maximum absolute atomic E-state index is 12.2. The third-order valence-corrected chi connectivity index (χ3v) is 5.52. The number of aromatic nitrogens is 1. The van der Waals surface area contributed by atoms with E-state index in [0.29, 0.717) is 10.7 Å². The highest BCUT2D eigenvalue weighted by molar-refractivity contribution is 7.90. The minimum Gasteiger partial charge on any atom is -0.298 e. The Balaban J connectivity index is 1.82. The van der Waals surface area contributed by atoms with Gasteiger partial charge in [0.2, 0.25) is 0 Å². The molecular formula is C14H14N2O3S2. The fourth-order valence-corrected chi connectivity index (χ4v) is 3.99. The van der Waals surface area contributed by atoms with Gasteiger partial charge in [0, 0.05) is 16.7 Å². The fourth-order valence-electron chi connectivity index (χ4n) is 2.28. The average Bonchev–Trinajstić information content (AvgIpc) is 2.98. The lowest BCUT2D eigenvalue weighted by molar-refractivity contribution is 0.102. The molecule has 0 fully saturated rings. The molecular weight excluding hydrogens is 308 g/mol. The van der Waals surface area contributed by atoms with Crippen molar-refractivity contribution in [3.05, 3.63) is 40.4 Å². The molecule has 1 aliphatic rings. The Morgan fingerprint density at radius 3 is 2.86 bits per heavy atom. The summed E-state index contributed by atoms with van der Waals surface area (Å²) in [6.45, 7) is 0. The summed E-state index contributed by atoms with van der Waals surface area (Å²) in [7, 11) is -3.32. The van der Waals surface area contributed by atoms with Crippen molar-refractivity contribution in [2.24, 2.45) is 0 Å². The summed E-state index contributed by atoms with van der Waals surface area (Å²) >= 11 is 1.49. The highest BCUT2D eigenvalue weighted by Crippen LogP contribution is 2.30. The molecule has 0 radical (unpaired) electrons. The molecule has 21 heavy (non-hydrogen) atoms. The molecule has 1 heterocycles. The SMILES string of the molecule is CS(=O)(=O)c1cccc(C(=O)Nc2nc3c(s2)CCC3)c1. The van der Waals surface area contributed by atoms with Gasteiger partial charge in [-0.25, -0.2) is 13.4 Å². The summed E-state index contributed by atoms with van der Waals surface area (Å²) < 4.78 is 23.0. The molecule has 0 aliphatic heterocycles. The first-order chi connectivity index (χ1) is 9.93. The van der Waals surface area contributed by atoms with Gasteiger partial charge >= 0.3 is 0 Å². The summed E-state index contributed by atoms with van der Waals surface area (Å²) in [5, 5.41) is 3.32. The van der Waals surface area contributed by atoms with Crippen LogP contribution in [0.15, 0.2) is 29.2 Å². The molecule has 0 bridgehead atoms. The second kappa shape index (κ2) is 5.23. The van der Waals surface area contributed by atoms with Gasteiger partial charge in [0.1, 0.15) is 0 Å². The predicted molar refractivity (Wildman–Crippen MR) is 81.6 cm³/mol. The molecule has 1 N–H and O–H groups in total. The van der Waals surface area contributed by atoms with Crippen LogP contribution in [0.25, 0.3) is 0 Å². The van der Waals surface area contributed by atoms with Gasteiger partial charge in [0.25, 0.3) is 5.91 Å². The molecule has 2 aromatic rings. The Bertz CT molecular complexity index is 788. The minimum atomic E-state index is -3.32. The second-order valence-electron chi connectivity index (χ2n) is 5.00. The average molecular weight is 322 g/mol. The number of fused-ring (bicyclic) bond motifs is 1. The molecule has 1 aromatic carbocycles. The lowest BCUT2D eigenvalue weighted by Crippen LogP contribution is -2.12. The zero-order valence-electron chi connectivity index (χ0n) is 11.4. The molecule has 1 aromatic heterocycles. The van der Waals surface area contributed by atoms with Crippen LogP contribution in [0.5, 0.6) is 0 Å². The van der Waals surface area contributed by atoms with Crippen LogP contribution in [0.4, 0.5) is 5.13 Å². The molecule has 0 saturated heterocycles. The van der Waals surface area contributed by atoms with Crippen molar-refractivity contribution in [3.8, 4) is 0 Å². The van der Waals surface area contributed by atoms with Crippen LogP contribution < -0.4 is 5.32 Å².